The quantitative estimate of drug-likeness (QED) is 0.372. The minimum Gasteiger partial charge on any atom is -0.327 e. The lowest BCUT2D eigenvalue weighted by molar-refractivity contribution is 0.356. The van der Waals surface area contributed by atoms with Crippen molar-refractivity contribution in [3.63, 3.8) is 0 Å². The predicted molar refractivity (Wildman–Crippen MR) is 110 cm³/mol. The lowest BCUT2D eigenvalue weighted by atomic mass is 9.87. The van der Waals surface area contributed by atoms with Crippen LogP contribution < -0.4 is 5.73 Å². The molecule has 1 unspecified atom stereocenters. The number of benzene rings is 1. The summed E-state index contributed by atoms with van der Waals surface area (Å²) in [7, 11) is 0. The van der Waals surface area contributed by atoms with Crippen LogP contribution in [0, 0.1) is 28.8 Å². The van der Waals surface area contributed by atoms with Gasteiger partial charge >= 0.3 is 0 Å². The third-order valence-electron chi connectivity index (χ3n) is 4.30. The second kappa shape index (κ2) is 12.2. The first kappa shape index (κ1) is 25.7. The van der Waals surface area contributed by atoms with Crippen molar-refractivity contribution in [2.75, 3.05) is 0 Å². The molecule has 0 heterocycles. The topological polar surface area (TPSA) is 26.0 Å². The van der Waals surface area contributed by atoms with Crippen LogP contribution in [0.3, 0.4) is 0 Å². The Hall–Kier alpha value is -1.29. The number of rotatable bonds is 8. The third-order valence-corrected chi connectivity index (χ3v) is 4.30. The average molecular weight is 386 g/mol. The normalized spacial score (nSPS) is 12.6. The predicted octanol–water partition coefficient (Wildman–Crippen LogP) is 7.19. The summed E-state index contributed by atoms with van der Waals surface area (Å²) < 4.78 is 39.5. The Morgan fingerprint density at radius 1 is 1.00 bits per heavy atom. The highest BCUT2D eigenvalue weighted by molar-refractivity contribution is 5.21. The van der Waals surface area contributed by atoms with Crippen molar-refractivity contribution in [1.29, 1.82) is 0 Å². The van der Waals surface area contributed by atoms with E-state index in [2.05, 4.69) is 48.1 Å². The molecule has 0 saturated carbocycles. The number of halogens is 3. The summed E-state index contributed by atoms with van der Waals surface area (Å²) in [4.78, 5) is 0. The molecule has 4 heteroatoms. The van der Waals surface area contributed by atoms with Gasteiger partial charge in [0.25, 0.3) is 0 Å². The fourth-order valence-corrected chi connectivity index (χ4v) is 3.36. The van der Waals surface area contributed by atoms with Gasteiger partial charge in [0.1, 0.15) is 5.82 Å². The first-order valence-corrected chi connectivity index (χ1v) is 9.94. The van der Waals surface area contributed by atoms with Gasteiger partial charge < -0.3 is 5.73 Å². The van der Waals surface area contributed by atoms with E-state index in [1.165, 1.54) is 5.57 Å². The Labute approximate surface area is 164 Å². The van der Waals surface area contributed by atoms with E-state index in [0.717, 1.165) is 38.2 Å². The lowest BCUT2D eigenvalue weighted by Gasteiger charge is -2.23. The van der Waals surface area contributed by atoms with Crippen LogP contribution in [0.25, 0.3) is 0 Å². The van der Waals surface area contributed by atoms with Gasteiger partial charge in [-0.3, -0.25) is 0 Å². The van der Waals surface area contributed by atoms with Crippen molar-refractivity contribution < 1.29 is 13.2 Å². The van der Waals surface area contributed by atoms with Crippen molar-refractivity contribution >= 4 is 0 Å². The first-order chi connectivity index (χ1) is 12.4. The SMILES string of the molecule is C=C(C)CC(C)(C)C.CCCC(CCC)C(N)Cc1cc(F)c(F)cc1F. The lowest BCUT2D eigenvalue weighted by Crippen LogP contribution is -2.32. The molecule has 0 aliphatic heterocycles. The Morgan fingerprint density at radius 3 is 1.85 bits per heavy atom. The van der Waals surface area contributed by atoms with Gasteiger partial charge in [-0.1, -0.05) is 53.0 Å². The monoisotopic (exact) mass is 385 g/mol. The molecular weight excluding hydrogens is 347 g/mol. The molecule has 1 nitrogen and oxygen atoms in total. The van der Waals surface area contributed by atoms with E-state index in [1.807, 2.05) is 0 Å². The summed E-state index contributed by atoms with van der Waals surface area (Å²) in [6.07, 6.45) is 5.35. The maximum Gasteiger partial charge on any atom is 0.161 e. The Morgan fingerprint density at radius 2 is 1.48 bits per heavy atom. The summed E-state index contributed by atoms with van der Waals surface area (Å²) in [5, 5.41) is 0. The molecule has 0 radical (unpaired) electrons. The average Bonchev–Trinajstić information content (AvgIpc) is 2.50. The van der Waals surface area contributed by atoms with Gasteiger partial charge in [-0.05, 0) is 55.6 Å². The van der Waals surface area contributed by atoms with E-state index < -0.39 is 17.5 Å². The standard InChI is InChI=1S/C15H22F3N.C8H16/c1-3-5-10(6-4-2)15(19)8-11-7-13(17)14(18)9-12(11)16;1-7(2)6-8(3,4)5/h7,9-10,15H,3-6,8,19H2,1-2H3;1,6H2,2-5H3. The van der Waals surface area contributed by atoms with Crippen molar-refractivity contribution in [2.45, 2.75) is 86.1 Å². The Kier molecular flexibility index (Phi) is 11.6. The van der Waals surface area contributed by atoms with E-state index in [9.17, 15) is 13.2 Å². The van der Waals surface area contributed by atoms with E-state index in [0.29, 0.717) is 17.4 Å². The van der Waals surface area contributed by atoms with Gasteiger partial charge in [0.2, 0.25) is 0 Å². The first-order valence-electron chi connectivity index (χ1n) is 9.94. The molecule has 0 bridgehead atoms. The van der Waals surface area contributed by atoms with Gasteiger partial charge in [-0.15, -0.1) is 6.58 Å². The zero-order valence-corrected chi connectivity index (χ0v) is 18.0. The van der Waals surface area contributed by atoms with Gasteiger partial charge in [0.15, 0.2) is 11.6 Å². The molecule has 0 aromatic heterocycles. The van der Waals surface area contributed by atoms with Crippen LogP contribution in [-0.2, 0) is 6.42 Å². The summed E-state index contributed by atoms with van der Waals surface area (Å²) in [6.45, 7) is 16.7. The smallest absolute Gasteiger partial charge is 0.161 e. The fourth-order valence-electron chi connectivity index (χ4n) is 3.36. The fraction of sp³-hybridized carbons (Fsp3) is 0.652. The molecule has 0 aliphatic carbocycles. The van der Waals surface area contributed by atoms with E-state index in [1.54, 1.807) is 0 Å². The van der Waals surface area contributed by atoms with Crippen LogP contribution in [0.5, 0.6) is 0 Å². The highest BCUT2D eigenvalue weighted by Gasteiger charge is 2.19. The molecular formula is C23H38F3N. The number of hydrogen-bond acceptors (Lipinski definition) is 1. The zero-order chi connectivity index (χ0) is 21.2. The number of nitrogens with two attached hydrogens (primary N) is 1. The van der Waals surface area contributed by atoms with Gasteiger partial charge in [0, 0.05) is 12.1 Å². The Balaban J connectivity index is 0.000000713. The summed E-state index contributed by atoms with van der Waals surface area (Å²) in [5.41, 5.74) is 7.95. The van der Waals surface area contributed by atoms with Crippen molar-refractivity contribution in [2.24, 2.45) is 17.1 Å². The number of allylic oxidation sites excluding steroid dienone is 1. The molecule has 2 N–H and O–H groups in total. The molecule has 1 rings (SSSR count). The number of hydrogen-bond donors (Lipinski definition) is 1. The molecule has 0 saturated heterocycles. The summed E-state index contributed by atoms with van der Waals surface area (Å²) >= 11 is 0. The van der Waals surface area contributed by atoms with Crippen LogP contribution in [-0.4, -0.2) is 6.04 Å². The minimum absolute atomic E-state index is 0.156. The zero-order valence-electron chi connectivity index (χ0n) is 18.0. The van der Waals surface area contributed by atoms with Crippen LogP contribution in [0.1, 0.15) is 79.2 Å². The van der Waals surface area contributed by atoms with Crippen molar-refractivity contribution in [3.05, 3.63) is 47.3 Å². The largest absolute Gasteiger partial charge is 0.327 e. The van der Waals surface area contributed by atoms with Gasteiger partial charge in [-0.25, -0.2) is 13.2 Å². The summed E-state index contributed by atoms with van der Waals surface area (Å²) in [5.74, 6) is -2.61. The molecule has 0 fully saturated rings. The van der Waals surface area contributed by atoms with Crippen LogP contribution in [0.2, 0.25) is 0 Å². The molecule has 0 amide bonds. The van der Waals surface area contributed by atoms with Crippen LogP contribution in [0.15, 0.2) is 24.3 Å². The molecule has 156 valence electrons. The van der Waals surface area contributed by atoms with Crippen LogP contribution in [0.4, 0.5) is 13.2 Å². The second-order valence-corrected chi connectivity index (χ2v) is 8.76. The molecule has 1 aromatic carbocycles. The van der Waals surface area contributed by atoms with E-state index in [-0.39, 0.29) is 18.0 Å². The van der Waals surface area contributed by atoms with E-state index in [4.69, 9.17) is 5.73 Å². The highest BCUT2D eigenvalue weighted by atomic mass is 19.2. The van der Waals surface area contributed by atoms with Gasteiger partial charge in [0.05, 0.1) is 0 Å². The minimum atomic E-state index is -1.16. The maximum atomic E-state index is 13.6. The molecule has 0 spiro atoms. The van der Waals surface area contributed by atoms with E-state index >= 15 is 0 Å². The molecule has 1 aromatic rings. The Bertz CT molecular complexity index is 570. The maximum absolute atomic E-state index is 13.6. The third kappa shape index (κ3) is 11.2. The summed E-state index contributed by atoms with van der Waals surface area (Å²) in [6, 6.07) is 1.28. The van der Waals surface area contributed by atoms with Crippen molar-refractivity contribution in [3.8, 4) is 0 Å². The molecule has 1 atom stereocenters. The van der Waals surface area contributed by atoms with Crippen LogP contribution >= 0.6 is 0 Å². The molecule has 27 heavy (non-hydrogen) atoms. The van der Waals surface area contributed by atoms with Crippen molar-refractivity contribution in [1.82, 2.24) is 0 Å². The molecule has 0 aliphatic rings. The highest BCUT2D eigenvalue weighted by Crippen LogP contribution is 2.23. The second-order valence-electron chi connectivity index (χ2n) is 8.76. The van der Waals surface area contributed by atoms with Gasteiger partial charge in [-0.2, -0.15) is 0 Å².